The van der Waals surface area contributed by atoms with Crippen molar-refractivity contribution >= 4 is 11.9 Å². The van der Waals surface area contributed by atoms with Crippen LogP contribution < -0.4 is 0 Å². The summed E-state index contributed by atoms with van der Waals surface area (Å²) in [6, 6.07) is 9.03. The van der Waals surface area contributed by atoms with E-state index in [-0.39, 0.29) is 0 Å². The minimum Gasteiger partial charge on any atom is -0.246 e. The van der Waals surface area contributed by atoms with E-state index >= 15 is 0 Å². The quantitative estimate of drug-likeness (QED) is 0.697. The molecule has 1 saturated heterocycles. The summed E-state index contributed by atoms with van der Waals surface area (Å²) >= 11 is 1.95. The Labute approximate surface area is 122 Å². The molecular formula is C17H27NS. The van der Waals surface area contributed by atoms with E-state index in [0.717, 1.165) is 11.8 Å². The molecule has 0 amide bonds. The summed E-state index contributed by atoms with van der Waals surface area (Å²) in [4.78, 5) is 1.40. The maximum Gasteiger partial charge on any atom is 0.0233 e. The first-order valence-corrected chi connectivity index (χ1v) is 8.36. The average molecular weight is 277 g/mol. The van der Waals surface area contributed by atoms with Crippen LogP contribution in [0.15, 0.2) is 29.2 Å². The average Bonchev–Trinajstić information content (AvgIpc) is 2.39. The number of hydrogen-bond acceptors (Lipinski definition) is 2. The molecule has 0 bridgehead atoms. The molecule has 0 spiro atoms. The van der Waals surface area contributed by atoms with Crippen LogP contribution in [-0.2, 0) is 0 Å². The van der Waals surface area contributed by atoms with Crippen molar-refractivity contribution in [2.45, 2.75) is 51.3 Å². The molecule has 1 unspecified atom stereocenters. The molecule has 1 heterocycles. The fraction of sp³-hybridized carbons (Fsp3) is 0.647. The van der Waals surface area contributed by atoms with Gasteiger partial charge in [0.05, 0.1) is 0 Å². The Morgan fingerprint density at radius 2 is 2.00 bits per heavy atom. The lowest BCUT2D eigenvalue weighted by atomic mass is 9.89. The van der Waals surface area contributed by atoms with Crippen molar-refractivity contribution in [3.63, 3.8) is 0 Å². The Hall–Kier alpha value is -0.470. The zero-order chi connectivity index (χ0) is 13.8. The minimum absolute atomic E-state index is 0.616. The van der Waals surface area contributed by atoms with Gasteiger partial charge in [-0.15, -0.1) is 0 Å². The van der Waals surface area contributed by atoms with E-state index in [9.17, 15) is 0 Å². The van der Waals surface area contributed by atoms with Gasteiger partial charge in [-0.2, -0.15) is 0 Å². The SMILES string of the molecule is CC(C)c1cccc(SN2CCCC(C(C)C)C2)c1. The van der Waals surface area contributed by atoms with E-state index in [1.165, 1.54) is 36.4 Å². The van der Waals surface area contributed by atoms with Crippen LogP contribution in [-0.4, -0.2) is 17.4 Å². The van der Waals surface area contributed by atoms with E-state index in [2.05, 4.69) is 56.3 Å². The Balaban J connectivity index is 1.98. The number of nitrogens with zero attached hydrogens (tertiary/aromatic N) is 1. The molecule has 1 aromatic rings. The van der Waals surface area contributed by atoms with Crippen LogP contribution in [0.3, 0.4) is 0 Å². The van der Waals surface area contributed by atoms with Crippen molar-refractivity contribution in [3.05, 3.63) is 29.8 Å². The lowest BCUT2D eigenvalue weighted by molar-refractivity contribution is 0.231. The lowest BCUT2D eigenvalue weighted by Crippen LogP contribution is -2.32. The highest BCUT2D eigenvalue weighted by atomic mass is 32.2. The molecule has 106 valence electrons. The summed E-state index contributed by atoms with van der Waals surface area (Å²) in [6.45, 7) is 11.7. The Kier molecular flexibility index (Phi) is 5.35. The fourth-order valence-electron chi connectivity index (χ4n) is 2.68. The molecule has 0 aliphatic carbocycles. The van der Waals surface area contributed by atoms with Gasteiger partial charge in [0.25, 0.3) is 0 Å². The van der Waals surface area contributed by atoms with Gasteiger partial charge >= 0.3 is 0 Å². The zero-order valence-corrected chi connectivity index (χ0v) is 13.5. The first kappa shape index (κ1) is 14.9. The third kappa shape index (κ3) is 4.25. The summed E-state index contributed by atoms with van der Waals surface area (Å²) in [7, 11) is 0. The lowest BCUT2D eigenvalue weighted by Gasteiger charge is -2.33. The summed E-state index contributed by atoms with van der Waals surface area (Å²) in [5, 5.41) is 0. The summed E-state index contributed by atoms with van der Waals surface area (Å²) in [5.74, 6) is 2.30. The Morgan fingerprint density at radius 1 is 1.21 bits per heavy atom. The first-order chi connectivity index (χ1) is 9.06. The normalized spacial score (nSPS) is 21.3. The standard InChI is InChI=1S/C17H27NS/c1-13(2)15-7-5-9-17(11-15)19-18-10-6-8-16(12-18)14(3)4/h5,7,9,11,13-14,16H,6,8,10,12H2,1-4H3. The summed E-state index contributed by atoms with van der Waals surface area (Å²) in [6.07, 6.45) is 2.75. The van der Waals surface area contributed by atoms with Crippen LogP contribution in [0.5, 0.6) is 0 Å². The highest BCUT2D eigenvalue weighted by Gasteiger charge is 2.22. The molecule has 1 nitrogen and oxygen atoms in total. The summed E-state index contributed by atoms with van der Waals surface area (Å²) in [5.41, 5.74) is 1.45. The fourth-order valence-corrected chi connectivity index (χ4v) is 3.79. The van der Waals surface area contributed by atoms with Crippen molar-refractivity contribution in [2.75, 3.05) is 13.1 Å². The monoisotopic (exact) mass is 277 g/mol. The summed E-state index contributed by atoms with van der Waals surface area (Å²) < 4.78 is 2.56. The molecule has 1 aliphatic rings. The van der Waals surface area contributed by atoms with Crippen LogP contribution in [0.1, 0.15) is 52.0 Å². The predicted molar refractivity (Wildman–Crippen MR) is 85.5 cm³/mol. The van der Waals surface area contributed by atoms with E-state index in [1.54, 1.807) is 0 Å². The smallest absolute Gasteiger partial charge is 0.0233 e. The van der Waals surface area contributed by atoms with Crippen LogP contribution in [0.4, 0.5) is 0 Å². The van der Waals surface area contributed by atoms with E-state index in [0.29, 0.717) is 5.92 Å². The molecule has 0 aromatic heterocycles. The topological polar surface area (TPSA) is 3.24 Å². The first-order valence-electron chi connectivity index (χ1n) is 7.59. The van der Waals surface area contributed by atoms with Crippen LogP contribution in [0.25, 0.3) is 0 Å². The molecule has 1 atom stereocenters. The van der Waals surface area contributed by atoms with Crippen molar-refractivity contribution < 1.29 is 0 Å². The van der Waals surface area contributed by atoms with E-state index < -0.39 is 0 Å². The molecule has 1 aliphatic heterocycles. The highest BCUT2D eigenvalue weighted by molar-refractivity contribution is 7.97. The van der Waals surface area contributed by atoms with Gasteiger partial charge in [-0.25, -0.2) is 4.31 Å². The maximum absolute atomic E-state index is 2.56. The second-order valence-corrected chi connectivity index (χ2v) is 7.52. The van der Waals surface area contributed by atoms with Gasteiger partial charge in [0, 0.05) is 18.0 Å². The number of rotatable bonds is 4. The zero-order valence-electron chi connectivity index (χ0n) is 12.7. The van der Waals surface area contributed by atoms with Crippen LogP contribution in [0.2, 0.25) is 0 Å². The molecule has 1 aromatic carbocycles. The highest BCUT2D eigenvalue weighted by Crippen LogP contribution is 2.32. The number of benzene rings is 1. The number of hydrogen-bond donors (Lipinski definition) is 0. The third-order valence-electron chi connectivity index (χ3n) is 4.12. The van der Waals surface area contributed by atoms with Crippen molar-refractivity contribution in [1.29, 1.82) is 0 Å². The molecule has 0 radical (unpaired) electrons. The van der Waals surface area contributed by atoms with Gasteiger partial charge in [0.2, 0.25) is 0 Å². The Bertz CT molecular complexity index is 400. The van der Waals surface area contributed by atoms with Gasteiger partial charge in [0.15, 0.2) is 0 Å². The van der Waals surface area contributed by atoms with Crippen molar-refractivity contribution in [1.82, 2.24) is 4.31 Å². The molecule has 0 saturated carbocycles. The van der Waals surface area contributed by atoms with Crippen molar-refractivity contribution in [2.24, 2.45) is 11.8 Å². The molecule has 0 N–H and O–H groups in total. The van der Waals surface area contributed by atoms with Crippen LogP contribution >= 0.6 is 11.9 Å². The largest absolute Gasteiger partial charge is 0.246 e. The van der Waals surface area contributed by atoms with Crippen molar-refractivity contribution in [3.8, 4) is 0 Å². The van der Waals surface area contributed by atoms with Gasteiger partial charge in [0.1, 0.15) is 0 Å². The van der Waals surface area contributed by atoms with Crippen LogP contribution in [0, 0.1) is 11.8 Å². The van der Waals surface area contributed by atoms with Gasteiger partial charge in [-0.1, -0.05) is 39.8 Å². The Morgan fingerprint density at radius 3 is 2.68 bits per heavy atom. The molecule has 2 rings (SSSR count). The molecular weight excluding hydrogens is 250 g/mol. The molecule has 19 heavy (non-hydrogen) atoms. The van der Waals surface area contributed by atoms with Gasteiger partial charge in [-0.3, -0.25) is 0 Å². The molecule has 2 heteroatoms. The second-order valence-electron chi connectivity index (χ2n) is 6.35. The van der Waals surface area contributed by atoms with Gasteiger partial charge in [-0.05, 0) is 60.2 Å². The molecule has 1 fully saturated rings. The van der Waals surface area contributed by atoms with E-state index in [1.807, 2.05) is 11.9 Å². The van der Waals surface area contributed by atoms with E-state index in [4.69, 9.17) is 0 Å². The maximum atomic E-state index is 2.56. The van der Waals surface area contributed by atoms with Gasteiger partial charge < -0.3 is 0 Å². The minimum atomic E-state index is 0.616. The predicted octanol–water partition coefficient (Wildman–Crippen LogP) is 5.19. The number of piperidine rings is 1. The second kappa shape index (κ2) is 6.81. The third-order valence-corrected chi connectivity index (χ3v) is 5.18.